The summed E-state index contributed by atoms with van der Waals surface area (Å²) in [7, 11) is -16.4. The quantitative estimate of drug-likeness (QED) is 0.0547. The summed E-state index contributed by atoms with van der Waals surface area (Å²) in [6.45, 7) is 0.730. The Hall–Kier alpha value is -2.89. The molecule has 0 aliphatic carbocycles. The van der Waals surface area contributed by atoms with Crippen LogP contribution in [0.4, 0.5) is 11.5 Å². The standard InChI is InChI=1S/C27H40N7O16P3S/c1-27(2,22(37)25(38)29-9-8-18(35)28-10-11-54)13-47-53(44,45)50-52(42,43)46-12-17-21(49-51(39,40)41)20(36)26(48-17)34-15-32-19-23(30-14-31-24(19)34)33-16-6-4-3-5-7-16/h3-7,14-15,17,20-22,26,36-37,54H,8-13H2,1-2H3,(H,28,35)(H,29,38)(H,42,43)(H,44,45)(H,30,31,33)(H2,39,40,41)/t17-,20-,21-,22+,26-/m1/s1. The second-order valence-corrected chi connectivity index (χ2v) is 16.9. The molecule has 7 atom stereocenters. The van der Waals surface area contributed by atoms with Crippen LogP contribution in [0, 0.1) is 5.41 Å². The third kappa shape index (κ3) is 12.3. The number of aromatic nitrogens is 4. The predicted octanol–water partition coefficient (Wildman–Crippen LogP) is 0.496. The zero-order chi connectivity index (χ0) is 39.9. The molecule has 300 valence electrons. The predicted molar refractivity (Wildman–Crippen MR) is 189 cm³/mol. The van der Waals surface area contributed by atoms with Gasteiger partial charge in [0, 0.05) is 36.4 Å². The number of para-hydroxylation sites is 1. The number of imidazole rings is 1. The first-order chi connectivity index (χ1) is 25.2. The number of thiol groups is 1. The molecule has 2 unspecified atom stereocenters. The van der Waals surface area contributed by atoms with Crippen molar-refractivity contribution < 1.29 is 75.7 Å². The Morgan fingerprint density at radius 2 is 1.70 bits per heavy atom. The van der Waals surface area contributed by atoms with Gasteiger partial charge in [0.15, 0.2) is 23.2 Å². The lowest BCUT2D eigenvalue weighted by Gasteiger charge is -2.30. The number of carbonyl (C=O) groups excluding carboxylic acids is 2. The van der Waals surface area contributed by atoms with Gasteiger partial charge in [-0.1, -0.05) is 32.0 Å². The van der Waals surface area contributed by atoms with E-state index in [-0.39, 0.29) is 35.9 Å². The van der Waals surface area contributed by atoms with Crippen LogP contribution in [0.15, 0.2) is 43.0 Å². The molecule has 2 aromatic heterocycles. The number of phosphoric acid groups is 3. The van der Waals surface area contributed by atoms with Crippen LogP contribution in [0.5, 0.6) is 0 Å². The fourth-order valence-corrected chi connectivity index (χ4v) is 7.81. The van der Waals surface area contributed by atoms with Crippen LogP contribution in [-0.2, 0) is 45.9 Å². The minimum Gasteiger partial charge on any atom is -0.386 e. The number of hydrogen-bond donors (Lipinski definition) is 10. The van der Waals surface area contributed by atoms with Gasteiger partial charge in [-0.15, -0.1) is 0 Å². The van der Waals surface area contributed by atoms with Crippen molar-refractivity contribution in [1.29, 1.82) is 0 Å². The van der Waals surface area contributed by atoms with Gasteiger partial charge in [-0.2, -0.15) is 16.9 Å². The zero-order valence-corrected chi connectivity index (χ0v) is 32.1. The number of rotatable bonds is 20. The van der Waals surface area contributed by atoms with Gasteiger partial charge in [-0.3, -0.25) is 27.7 Å². The van der Waals surface area contributed by atoms with Crippen molar-refractivity contribution in [3.05, 3.63) is 43.0 Å². The zero-order valence-electron chi connectivity index (χ0n) is 28.5. The van der Waals surface area contributed by atoms with Crippen molar-refractivity contribution in [1.82, 2.24) is 30.2 Å². The van der Waals surface area contributed by atoms with Gasteiger partial charge >= 0.3 is 23.5 Å². The fraction of sp³-hybridized carbons (Fsp3) is 0.519. The molecule has 1 aromatic carbocycles. The monoisotopic (exact) mass is 843 g/mol. The molecule has 54 heavy (non-hydrogen) atoms. The van der Waals surface area contributed by atoms with Gasteiger partial charge in [0.05, 0.1) is 19.5 Å². The molecule has 4 rings (SSSR count). The van der Waals surface area contributed by atoms with E-state index < -0.39 is 78.6 Å². The number of benzene rings is 1. The van der Waals surface area contributed by atoms with Gasteiger partial charge in [-0.05, 0) is 12.1 Å². The van der Waals surface area contributed by atoms with Gasteiger partial charge < -0.3 is 50.5 Å². The summed E-state index contributed by atoms with van der Waals surface area (Å²) in [5.74, 6) is -0.646. The highest BCUT2D eigenvalue weighted by Gasteiger charge is 2.50. The number of hydrogen-bond acceptors (Lipinski definition) is 17. The molecule has 0 spiro atoms. The lowest BCUT2D eigenvalue weighted by Crippen LogP contribution is -2.46. The average molecular weight is 844 g/mol. The summed E-state index contributed by atoms with van der Waals surface area (Å²) in [6.07, 6.45) is -6.61. The Morgan fingerprint density at radius 1 is 1.02 bits per heavy atom. The van der Waals surface area contributed by atoms with Crippen LogP contribution >= 0.6 is 36.1 Å². The van der Waals surface area contributed by atoms with E-state index in [1.165, 1.54) is 31.1 Å². The topological polar surface area (TPSA) is 333 Å². The molecule has 1 saturated heterocycles. The molecule has 3 heterocycles. The average Bonchev–Trinajstić information content (AvgIpc) is 3.65. The van der Waals surface area contributed by atoms with E-state index in [0.717, 1.165) is 0 Å². The Kier molecular flexibility index (Phi) is 14.9. The summed E-state index contributed by atoms with van der Waals surface area (Å²) < 4.78 is 62.6. The highest BCUT2D eigenvalue weighted by molar-refractivity contribution is 7.80. The van der Waals surface area contributed by atoms with E-state index in [4.69, 9.17) is 18.3 Å². The van der Waals surface area contributed by atoms with E-state index in [9.17, 15) is 53.1 Å². The van der Waals surface area contributed by atoms with E-state index in [0.29, 0.717) is 18.0 Å². The summed E-state index contributed by atoms with van der Waals surface area (Å²) in [4.78, 5) is 76.1. The highest BCUT2D eigenvalue weighted by Crippen LogP contribution is 2.61. The first kappa shape index (κ1) is 43.8. The Morgan fingerprint density at radius 3 is 2.37 bits per heavy atom. The number of aliphatic hydroxyl groups excluding tert-OH is 2. The molecule has 23 nitrogen and oxygen atoms in total. The Labute approximate surface area is 312 Å². The number of phosphoric ester groups is 3. The normalized spacial score (nSPS) is 21.9. The molecular formula is C27H40N7O16P3S. The number of ether oxygens (including phenoxy) is 1. The van der Waals surface area contributed by atoms with Gasteiger partial charge in [-0.25, -0.2) is 28.6 Å². The maximum absolute atomic E-state index is 12.7. The van der Waals surface area contributed by atoms with Crippen LogP contribution in [0.2, 0.25) is 0 Å². The van der Waals surface area contributed by atoms with Crippen molar-refractivity contribution in [3.63, 3.8) is 0 Å². The molecule has 1 aliphatic heterocycles. The SMILES string of the molecule is CC(C)(COP(=O)(O)OP(=O)(O)OC[C@H]1O[C@@H](n2cnc3c(Nc4ccccc4)ncnc32)[C@H](O)[C@@H]1OP(=O)(O)O)[C@@H](O)C(=O)NCCC(=O)NCCS. The van der Waals surface area contributed by atoms with Crippen LogP contribution in [0.25, 0.3) is 11.2 Å². The largest absolute Gasteiger partial charge is 0.481 e. The molecule has 3 aromatic rings. The fourth-order valence-electron chi connectivity index (χ4n) is 4.87. The third-order valence-electron chi connectivity index (χ3n) is 7.52. The number of aliphatic hydroxyl groups is 2. The minimum atomic E-state index is -5.56. The number of nitrogens with zero attached hydrogens (tertiary/aromatic N) is 4. The van der Waals surface area contributed by atoms with Crippen LogP contribution in [0.3, 0.4) is 0 Å². The number of anilines is 2. The summed E-state index contributed by atoms with van der Waals surface area (Å²) in [5.41, 5.74) is -0.626. The van der Waals surface area contributed by atoms with Gasteiger partial charge in [0.2, 0.25) is 11.8 Å². The number of fused-ring (bicyclic) bond motifs is 1. The minimum absolute atomic E-state index is 0.0938. The molecule has 2 amide bonds. The molecular weight excluding hydrogens is 803 g/mol. The van der Waals surface area contributed by atoms with Crippen molar-refractivity contribution in [2.75, 3.05) is 37.4 Å². The summed E-state index contributed by atoms with van der Waals surface area (Å²) in [6, 6.07) is 8.90. The molecule has 0 bridgehead atoms. The maximum atomic E-state index is 12.7. The number of amides is 2. The van der Waals surface area contributed by atoms with Crippen molar-refractivity contribution >= 4 is 70.6 Å². The van der Waals surface area contributed by atoms with E-state index in [2.05, 4.69) is 47.8 Å². The summed E-state index contributed by atoms with van der Waals surface area (Å²) >= 11 is 3.96. The van der Waals surface area contributed by atoms with Gasteiger partial charge in [0.25, 0.3) is 0 Å². The maximum Gasteiger partial charge on any atom is 0.481 e. The number of carbonyl (C=O) groups is 2. The van der Waals surface area contributed by atoms with E-state index >= 15 is 0 Å². The lowest BCUT2D eigenvalue weighted by atomic mass is 9.87. The molecule has 0 radical (unpaired) electrons. The number of nitrogens with one attached hydrogen (secondary N) is 3. The van der Waals surface area contributed by atoms with E-state index in [1.807, 2.05) is 6.07 Å². The Balaban J connectivity index is 1.39. The van der Waals surface area contributed by atoms with Crippen molar-refractivity contribution in [2.24, 2.45) is 5.41 Å². The molecule has 1 fully saturated rings. The Bertz CT molecular complexity index is 1900. The van der Waals surface area contributed by atoms with Crippen LogP contribution < -0.4 is 16.0 Å². The smallest absolute Gasteiger partial charge is 0.386 e. The second kappa shape index (κ2) is 18.4. The summed E-state index contributed by atoms with van der Waals surface area (Å²) in [5, 5.41) is 29.5. The molecule has 1 aliphatic rings. The van der Waals surface area contributed by atoms with E-state index in [1.54, 1.807) is 24.3 Å². The van der Waals surface area contributed by atoms with Crippen molar-refractivity contribution in [3.8, 4) is 0 Å². The van der Waals surface area contributed by atoms with Gasteiger partial charge in [0.1, 0.15) is 30.7 Å². The second-order valence-electron chi connectivity index (χ2n) is 12.2. The third-order valence-corrected chi connectivity index (χ3v) is 10.8. The molecule has 9 N–H and O–H groups in total. The van der Waals surface area contributed by atoms with Crippen molar-refractivity contribution in [2.45, 2.75) is 50.9 Å². The van der Waals surface area contributed by atoms with Crippen LogP contribution in [-0.4, -0.2) is 118 Å². The van der Waals surface area contributed by atoms with Crippen LogP contribution in [0.1, 0.15) is 26.5 Å². The first-order valence-corrected chi connectivity index (χ1v) is 20.9. The molecule has 0 saturated carbocycles. The first-order valence-electron chi connectivity index (χ1n) is 15.8. The molecule has 27 heteroatoms. The lowest BCUT2D eigenvalue weighted by molar-refractivity contribution is -0.137. The highest BCUT2D eigenvalue weighted by atomic mass is 32.1.